The van der Waals surface area contributed by atoms with Crippen LogP contribution in [0.5, 0.6) is 0 Å². The minimum atomic E-state index is 1.17. The Morgan fingerprint density at radius 3 is 2.92 bits per heavy atom. The monoisotopic (exact) mass is 173 g/mol. The number of H-pyrrole nitrogens is 1. The van der Waals surface area contributed by atoms with Crippen LogP contribution in [0.15, 0.2) is 24.4 Å². The summed E-state index contributed by atoms with van der Waals surface area (Å²) in [6.07, 6.45) is 4.46. The van der Waals surface area contributed by atoms with Crippen LogP contribution in [-0.2, 0) is 6.42 Å². The number of aryl methyl sites for hydroxylation is 2. The lowest BCUT2D eigenvalue weighted by molar-refractivity contribution is 0.923. The van der Waals surface area contributed by atoms with Gasteiger partial charge in [-0.25, -0.2) is 0 Å². The maximum Gasteiger partial charge on any atom is 0.0459 e. The third-order valence-electron chi connectivity index (χ3n) is 2.49. The molecule has 1 heteroatoms. The fourth-order valence-corrected chi connectivity index (χ4v) is 1.76. The molecule has 0 saturated heterocycles. The van der Waals surface area contributed by atoms with Gasteiger partial charge in [-0.05, 0) is 30.5 Å². The zero-order valence-electron chi connectivity index (χ0n) is 8.22. The molecule has 0 aliphatic heterocycles. The molecule has 0 unspecified atom stereocenters. The summed E-state index contributed by atoms with van der Waals surface area (Å²) in [5.41, 5.74) is 4.03. The van der Waals surface area contributed by atoms with Crippen LogP contribution in [0.25, 0.3) is 10.9 Å². The van der Waals surface area contributed by atoms with E-state index in [1.807, 2.05) is 0 Å². The highest BCUT2D eigenvalue weighted by Crippen LogP contribution is 2.19. The number of hydrogen-bond donors (Lipinski definition) is 1. The van der Waals surface area contributed by atoms with Gasteiger partial charge in [0.2, 0.25) is 0 Å². The fraction of sp³-hybridized carbons (Fsp3) is 0.333. The third-order valence-corrected chi connectivity index (χ3v) is 2.49. The van der Waals surface area contributed by atoms with Crippen LogP contribution in [0.3, 0.4) is 0 Å². The zero-order valence-corrected chi connectivity index (χ0v) is 8.22. The van der Waals surface area contributed by atoms with Gasteiger partial charge in [0.25, 0.3) is 0 Å². The number of hydrogen-bond acceptors (Lipinski definition) is 0. The van der Waals surface area contributed by atoms with Crippen molar-refractivity contribution in [2.45, 2.75) is 26.7 Å². The van der Waals surface area contributed by atoms with Crippen LogP contribution in [-0.4, -0.2) is 4.98 Å². The third kappa shape index (κ3) is 1.46. The summed E-state index contributed by atoms with van der Waals surface area (Å²) in [5.74, 6) is 0. The van der Waals surface area contributed by atoms with Crippen molar-refractivity contribution in [1.82, 2.24) is 4.98 Å². The van der Waals surface area contributed by atoms with Crippen molar-refractivity contribution in [3.8, 4) is 0 Å². The van der Waals surface area contributed by atoms with E-state index in [1.54, 1.807) is 0 Å². The molecule has 0 radical (unpaired) electrons. The second-order valence-corrected chi connectivity index (χ2v) is 3.60. The van der Waals surface area contributed by atoms with Gasteiger partial charge < -0.3 is 4.98 Å². The van der Waals surface area contributed by atoms with Crippen LogP contribution in [0.1, 0.15) is 24.5 Å². The van der Waals surface area contributed by atoms with Gasteiger partial charge in [-0.2, -0.15) is 0 Å². The number of benzene rings is 1. The molecular formula is C12H15N. The fourth-order valence-electron chi connectivity index (χ4n) is 1.76. The Labute approximate surface area is 78.8 Å². The molecule has 0 bridgehead atoms. The Kier molecular flexibility index (Phi) is 2.09. The van der Waals surface area contributed by atoms with Crippen molar-refractivity contribution < 1.29 is 0 Å². The summed E-state index contributed by atoms with van der Waals surface area (Å²) in [6.45, 7) is 4.35. The molecule has 0 fully saturated rings. The topological polar surface area (TPSA) is 15.8 Å². The van der Waals surface area contributed by atoms with E-state index in [9.17, 15) is 0 Å². The average Bonchev–Trinajstić information content (AvgIpc) is 2.48. The molecule has 2 aromatic rings. The van der Waals surface area contributed by atoms with Gasteiger partial charge in [-0.1, -0.05) is 25.5 Å². The van der Waals surface area contributed by atoms with Gasteiger partial charge in [0.15, 0.2) is 0 Å². The van der Waals surface area contributed by atoms with Crippen molar-refractivity contribution in [2.24, 2.45) is 0 Å². The SMILES string of the molecule is CCCc1ccc2c(C)c[nH]c2c1. The number of fused-ring (bicyclic) bond motifs is 1. The zero-order chi connectivity index (χ0) is 9.26. The highest BCUT2D eigenvalue weighted by atomic mass is 14.7. The molecule has 68 valence electrons. The van der Waals surface area contributed by atoms with Crippen molar-refractivity contribution >= 4 is 10.9 Å². The summed E-state index contributed by atoms with van der Waals surface area (Å²) in [7, 11) is 0. The lowest BCUT2D eigenvalue weighted by atomic mass is 10.1. The first-order valence-electron chi connectivity index (χ1n) is 4.88. The minimum absolute atomic E-state index is 1.17. The highest BCUT2D eigenvalue weighted by Gasteiger charge is 1.99. The lowest BCUT2D eigenvalue weighted by Gasteiger charge is -1.98. The predicted octanol–water partition coefficient (Wildman–Crippen LogP) is 3.43. The molecule has 13 heavy (non-hydrogen) atoms. The Bertz CT molecular complexity index is 412. The molecule has 0 amide bonds. The van der Waals surface area contributed by atoms with Crippen LogP contribution in [0.4, 0.5) is 0 Å². The van der Waals surface area contributed by atoms with Gasteiger partial charge in [-0.15, -0.1) is 0 Å². The Morgan fingerprint density at radius 1 is 1.31 bits per heavy atom. The Balaban J connectivity index is 2.50. The van der Waals surface area contributed by atoms with E-state index in [4.69, 9.17) is 0 Å². The van der Waals surface area contributed by atoms with Crippen LogP contribution in [0, 0.1) is 6.92 Å². The van der Waals surface area contributed by atoms with Crippen LogP contribution in [0.2, 0.25) is 0 Å². The maximum atomic E-state index is 3.29. The molecule has 1 aromatic carbocycles. The Morgan fingerprint density at radius 2 is 2.15 bits per heavy atom. The second kappa shape index (κ2) is 3.25. The Hall–Kier alpha value is -1.24. The lowest BCUT2D eigenvalue weighted by Crippen LogP contribution is -1.82. The molecule has 1 nitrogen and oxygen atoms in total. The molecule has 0 aliphatic carbocycles. The van der Waals surface area contributed by atoms with Crippen molar-refractivity contribution in [3.63, 3.8) is 0 Å². The minimum Gasteiger partial charge on any atom is -0.361 e. The average molecular weight is 173 g/mol. The smallest absolute Gasteiger partial charge is 0.0459 e. The van der Waals surface area contributed by atoms with Crippen LogP contribution < -0.4 is 0 Å². The van der Waals surface area contributed by atoms with Gasteiger partial charge >= 0.3 is 0 Å². The molecule has 1 heterocycles. The molecule has 0 aliphatic rings. The van der Waals surface area contributed by atoms with Gasteiger partial charge in [0, 0.05) is 17.1 Å². The predicted molar refractivity (Wildman–Crippen MR) is 57.0 cm³/mol. The molecule has 0 atom stereocenters. The molecule has 0 saturated carbocycles. The molecule has 0 spiro atoms. The molecular weight excluding hydrogens is 158 g/mol. The highest BCUT2D eigenvalue weighted by molar-refractivity contribution is 5.83. The quantitative estimate of drug-likeness (QED) is 0.716. The summed E-state index contributed by atoms with van der Waals surface area (Å²) >= 11 is 0. The largest absolute Gasteiger partial charge is 0.361 e. The molecule has 2 rings (SSSR count). The van der Waals surface area contributed by atoms with E-state index in [1.165, 1.54) is 34.9 Å². The summed E-state index contributed by atoms with van der Waals surface area (Å²) < 4.78 is 0. The number of aromatic amines is 1. The first-order chi connectivity index (χ1) is 6.31. The van der Waals surface area contributed by atoms with E-state index < -0.39 is 0 Å². The van der Waals surface area contributed by atoms with E-state index >= 15 is 0 Å². The molecule has 1 N–H and O–H groups in total. The van der Waals surface area contributed by atoms with Gasteiger partial charge in [0.1, 0.15) is 0 Å². The van der Waals surface area contributed by atoms with Crippen molar-refractivity contribution in [1.29, 1.82) is 0 Å². The summed E-state index contributed by atoms with van der Waals surface area (Å²) in [5, 5.41) is 1.35. The maximum absolute atomic E-state index is 3.29. The number of aromatic nitrogens is 1. The number of rotatable bonds is 2. The van der Waals surface area contributed by atoms with E-state index in [2.05, 4.69) is 43.2 Å². The number of nitrogens with one attached hydrogen (secondary N) is 1. The second-order valence-electron chi connectivity index (χ2n) is 3.60. The van der Waals surface area contributed by atoms with Crippen molar-refractivity contribution in [3.05, 3.63) is 35.5 Å². The first kappa shape index (κ1) is 8.36. The van der Waals surface area contributed by atoms with Crippen LogP contribution >= 0.6 is 0 Å². The summed E-state index contributed by atoms with van der Waals surface area (Å²) in [4.78, 5) is 3.29. The normalized spacial score (nSPS) is 10.9. The van der Waals surface area contributed by atoms with Gasteiger partial charge in [0.05, 0.1) is 0 Å². The van der Waals surface area contributed by atoms with Gasteiger partial charge in [-0.3, -0.25) is 0 Å². The molecule has 1 aromatic heterocycles. The standard InChI is InChI=1S/C12H15N/c1-3-4-10-5-6-11-9(2)8-13-12(11)7-10/h5-8,13H,3-4H2,1-2H3. The van der Waals surface area contributed by atoms with E-state index in [-0.39, 0.29) is 0 Å². The first-order valence-corrected chi connectivity index (χ1v) is 4.88. The van der Waals surface area contributed by atoms with Crippen molar-refractivity contribution in [2.75, 3.05) is 0 Å². The summed E-state index contributed by atoms with van der Waals surface area (Å²) in [6, 6.07) is 6.70. The van der Waals surface area contributed by atoms with E-state index in [0.29, 0.717) is 0 Å². The van der Waals surface area contributed by atoms with E-state index in [0.717, 1.165) is 0 Å².